The Morgan fingerprint density at radius 3 is 2.26 bits per heavy atom. The molecule has 0 spiro atoms. The second kappa shape index (κ2) is 8.15. The van der Waals surface area contributed by atoms with Crippen LogP contribution in [0, 0.1) is 5.92 Å². The topological polar surface area (TPSA) is 67.4 Å². The molecule has 0 saturated carbocycles. The van der Waals surface area contributed by atoms with E-state index >= 15 is 0 Å². The molecule has 0 heterocycles. The summed E-state index contributed by atoms with van der Waals surface area (Å²) in [6.07, 6.45) is 1.15. The summed E-state index contributed by atoms with van der Waals surface area (Å²) in [6.45, 7) is 10.6. The predicted molar refractivity (Wildman–Crippen MR) is 75.8 cm³/mol. The van der Waals surface area contributed by atoms with Gasteiger partial charge in [0, 0.05) is 18.5 Å². The Morgan fingerprint density at radius 2 is 1.84 bits per heavy atom. The van der Waals surface area contributed by atoms with Crippen molar-refractivity contribution in [1.29, 1.82) is 0 Å². The van der Waals surface area contributed by atoms with Crippen molar-refractivity contribution < 1.29 is 14.3 Å². The SMILES string of the molecule is CCC(C)C(NC(=O)CCNC(C)(C)C)C(=O)OC. The smallest absolute Gasteiger partial charge is 0.328 e. The van der Waals surface area contributed by atoms with Gasteiger partial charge in [-0.15, -0.1) is 0 Å². The highest BCUT2D eigenvalue weighted by Crippen LogP contribution is 2.09. The van der Waals surface area contributed by atoms with E-state index in [9.17, 15) is 9.59 Å². The Morgan fingerprint density at radius 1 is 1.26 bits per heavy atom. The molecule has 0 aromatic carbocycles. The van der Waals surface area contributed by atoms with E-state index in [1.54, 1.807) is 0 Å². The average molecular weight is 272 g/mol. The highest BCUT2D eigenvalue weighted by Gasteiger charge is 2.26. The van der Waals surface area contributed by atoms with Crippen LogP contribution in [-0.2, 0) is 14.3 Å². The zero-order valence-corrected chi connectivity index (χ0v) is 13.0. The van der Waals surface area contributed by atoms with Gasteiger partial charge < -0.3 is 15.4 Å². The van der Waals surface area contributed by atoms with E-state index in [2.05, 4.69) is 10.6 Å². The lowest BCUT2D eigenvalue weighted by Crippen LogP contribution is -2.47. The highest BCUT2D eigenvalue weighted by atomic mass is 16.5. The van der Waals surface area contributed by atoms with E-state index in [1.165, 1.54) is 7.11 Å². The van der Waals surface area contributed by atoms with Crippen LogP contribution in [-0.4, -0.2) is 37.1 Å². The number of hydrogen-bond acceptors (Lipinski definition) is 4. The molecule has 2 unspecified atom stereocenters. The van der Waals surface area contributed by atoms with Crippen molar-refractivity contribution in [2.45, 2.75) is 59.0 Å². The zero-order chi connectivity index (χ0) is 15.1. The van der Waals surface area contributed by atoms with Gasteiger partial charge in [-0.2, -0.15) is 0 Å². The lowest BCUT2D eigenvalue weighted by Gasteiger charge is -2.23. The van der Waals surface area contributed by atoms with E-state index in [4.69, 9.17) is 4.74 Å². The molecule has 0 saturated heterocycles. The van der Waals surface area contributed by atoms with E-state index < -0.39 is 6.04 Å². The number of carbonyl (C=O) groups is 2. The number of esters is 1. The number of nitrogens with one attached hydrogen (secondary N) is 2. The van der Waals surface area contributed by atoms with Crippen molar-refractivity contribution in [3.8, 4) is 0 Å². The van der Waals surface area contributed by atoms with Crippen LogP contribution in [0.2, 0.25) is 0 Å². The maximum Gasteiger partial charge on any atom is 0.328 e. The molecule has 0 aliphatic rings. The van der Waals surface area contributed by atoms with Gasteiger partial charge in [0.25, 0.3) is 0 Å². The third kappa shape index (κ3) is 7.82. The maximum absolute atomic E-state index is 11.8. The molecule has 0 aromatic heterocycles. The number of rotatable bonds is 7. The minimum Gasteiger partial charge on any atom is -0.467 e. The minimum absolute atomic E-state index is 0.0151. The maximum atomic E-state index is 11.8. The lowest BCUT2D eigenvalue weighted by molar-refractivity contribution is -0.146. The van der Waals surface area contributed by atoms with Gasteiger partial charge in [0.05, 0.1) is 7.11 Å². The predicted octanol–water partition coefficient (Wildman–Crippen LogP) is 1.47. The van der Waals surface area contributed by atoms with Gasteiger partial charge in [0.1, 0.15) is 6.04 Å². The Hall–Kier alpha value is -1.10. The summed E-state index contributed by atoms with van der Waals surface area (Å²) in [5.41, 5.74) is -0.0151. The zero-order valence-electron chi connectivity index (χ0n) is 13.0. The molecule has 0 aliphatic carbocycles. The number of carbonyl (C=O) groups excluding carboxylic acids is 2. The summed E-state index contributed by atoms with van der Waals surface area (Å²) in [5, 5.41) is 5.99. The minimum atomic E-state index is -0.558. The van der Waals surface area contributed by atoms with Crippen molar-refractivity contribution in [2.24, 2.45) is 5.92 Å². The molecule has 2 N–H and O–H groups in total. The van der Waals surface area contributed by atoms with Crippen LogP contribution in [0.25, 0.3) is 0 Å². The number of ether oxygens (including phenoxy) is 1. The van der Waals surface area contributed by atoms with Crippen molar-refractivity contribution in [3.63, 3.8) is 0 Å². The highest BCUT2D eigenvalue weighted by molar-refractivity contribution is 5.84. The van der Waals surface area contributed by atoms with Gasteiger partial charge in [-0.05, 0) is 26.7 Å². The van der Waals surface area contributed by atoms with Crippen molar-refractivity contribution in [1.82, 2.24) is 10.6 Å². The first-order valence-electron chi connectivity index (χ1n) is 6.83. The fourth-order valence-corrected chi connectivity index (χ4v) is 1.59. The molecule has 0 fully saturated rings. The molecule has 0 radical (unpaired) electrons. The average Bonchev–Trinajstić information content (AvgIpc) is 2.32. The van der Waals surface area contributed by atoms with Crippen molar-refractivity contribution in [2.75, 3.05) is 13.7 Å². The third-order valence-electron chi connectivity index (χ3n) is 2.99. The number of methoxy groups -OCH3 is 1. The standard InChI is InChI=1S/C14H28N2O3/c1-7-10(2)12(13(18)19-6)16-11(17)8-9-15-14(3,4)5/h10,12,15H,7-9H2,1-6H3,(H,16,17). The van der Waals surface area contributed by atoms with Gasteiger partial charge in [0.15, 0.2) is 0 Å². The molecule has 0 rings (SSSR count). The third-order valence-corrected chi connectivity index (χ3v) is 2.99. The molecule has 5 nitrogen and oxygen atoms in total. The first-order chi connectivity index (χ1) is 8.71. The summed E-state index contributed by atoms with van der Waals surface area (Å²) >= 11 is 0. The Labute approximate surface area is 116 Å². The summed E-state index contributed by atoms with van der Waals surface area (Å²) in [4.78, 5) is 23.4. The molecule has 0 bridgehead atoms. The number of amides is 1. The molecular weight excluding hydrogens is 244 g/mol. The van der Waals surface area contributed by atoms with E-state index in [-0.39, 0.29) is 23.3 Å². The Kier molecular flexibility index (Phi) is 7.68. The molecule has 0 aromatic rings. The molecule has 2 atom stereocenters. The van der Waals surface area contributed by atoms with Gasteiger partial charge >= 0.3 is 5.97 Å². The Balaban J connectivity index is 4.28. The largest absolute Gasteiger partial charge is 0.467 e. The number of hydrogen-bond donors (Lipinski definition) is 2. The van der Waals surface area contributed by atoms with Gasteiger partial charge in [-0.3, -0.25) is 4.79 Å². The second-order valence-electron chi connectivity index (χ2n) is 5.88. The quantitative estimate of drug-likeness (QED) is 0.689. The van der Waals surface area contributed by atoms with E-state index in [0.29, 0.717) is 13.0 Å². The van der Waals surface area contributed by atoms with E-state index in [0.717, 1.165) is 6.42 Å². The fraction of sp³-hybridized carbons (Fsp3) is 0.857. The summed E-state index contributed by atoms with van der Waals surface area (Å²) < 4.78 is 4.73. The molecule has 5 heteroatoms. The van der Waals surface area contributed by atoms with Crippen molar-refractivity contribution >= 4 is 11.9 Å². The van der Waals surface area contributed by atoms with Gasteiger partial charge in [-0.25, -0.2) is 4.79 Å². The normalized spacial score (nSPS) is 14.6. The van der Waals surface area contributed by atoms with Crippen LogP contribution in [0.15, 0.2) is 0 Å². The summed E-state index contributed by atoms with van der Waals surface area (Å²) in [5.74, 6) is -0.453. The first kappa shape index (κ1) is 17.9. The van der Waals surface area contributed by atoms with Crippen LogP contribution in [0.3, 0.4) is 0 Å². The summed E-state index contributed by atoms with van der Waals surface area (Å²) in [6, 6.07) is -0.558. The van der Waals surface area contributed by atoms with E-state index in [1.807, 2.05) is 34.6 Å². The van der Waals surface area contributed by atoms with Crippen LogP contribution in [0.5, 0.6) is 0 Å². The molecular formula is C14H28N2O3. The second-order valence-corrected chi connectivity index (χ2v) is 5.88. The molecule has 19 heavy (non-hydrogen) atoms. The summed E-state index contributed by atoms with van der Waals surface area (Å²) in [7, 11) is 1.34. The van der Waals surface area contributed by atoms with Crippen molar-refractivity contribution in [3.05, 3.63) is 0 Å². The lowest BCUT2D eigenvalue weighted by atomic mass is 9.99. The Bertz CT molecular complexity index is 298. The van der Waals surface area contributed by atoms with Gasteiger partial charge in [-0.1, -0.05) is 20.3 Å². The van der Waals surface area contributed by atoms with Crippen LogP contribution < -0.4 is 10.6 Å². The molecule has 112 valence electrons. The molecule has 1 amide bonds. The first-order valence-corrected chi connectivity index (χ1v) is 6.83. The van der Waals surface area contributed by atoms with Crippen LogP contribution in [0.1, 0.15) is 47.5 Å². The van der Waals surface area contributed by atoms with Crippen LogP contribution >= 0.6 is 0 Å². The van der Waals surface area contributed by atoms with Gasteiger partial charge in [0.2, 0.25) is 5.91 Å². The monoisotopic (exact) mass is 272 g/mol. The fourth-order valence-electron chi connectivity index (χ4n) is 1.59. The molecule has 0 aliphatic heterocycles. The van der Waals surface area contributed by atoms with Crippen LogP contribution in [0.4, 0.5) is 0 Å².